The van der Waals surface area contributed by atoms with Gasteiger partial charge < -0.3 is 10.5 Å². The van der Waals surface area contributed by atoms with Gasteiger partial charge in [-0.25, -0.2) is 0 Å². The second kappa shape index (κ2) is 6.10. The van der Waals surface area contributed by atoms with Crippen molar-refractivity contribution < 1.29 is 4.74 Å². The molecular formula is C13H21N3O. The number of nitrogens with two attached hydrogens (primary N) is 1. The second-order valence-corrected chi connectivity index (χ2v) is 4.74. The van der Waals surface area contributed by atoms with E-state index in [0.29, 0.717) is 12.5 Å². The van der Waals surface area contributed by atoms with Gasteiger partial charge in [-0.05, 0) is 18.6 Å². The lowest BCUT2D eigenvalue weighted by Gasteiger charge is -2.32. The second-order valence-electron chi connectivity index (χ2n) is 4.74. The number of hydrogen-bond donors (Lipinski definition) is 1. The zero-order valence-corrected chi connectivity index (χ0v) is 10.4. The van der Waals surface area contributed by atoms with Crippen LogP contribution in [-0.4, -0.2) is 42.7 Å². The van der Waals surface area contributed by atoms with E-state index in [-0.39, 0.29) is 0 Å². The van der Waals surface area contributed by atoms with E-state index in [9.17, 15) is 0 Å². The first kappa shape index (κ1) is 12.5. The minimum Gasteiger partial charge on any atom is -0.381 e. The highest BCUT2D eigenvalue weighted by Crippen LogP contribution is 2.13. The van der Waals surface area contributed by atoms with Gasteiger partial charge in [-0.1, -0.05) is 6.07 Å². The van der Waals surface area contributed by atoms with Crippen LogP contribution in [0.2, 0.25) is 0 Å². The third kappa shape index (κ3) is 3.77. The van der Waals surface area contributed by atoms with Crippen molar-refractivity contribution in [3.63, 3.8) is 0 Å². The van der Waals surface area contributed by atoms with Crippen LogP contribution in [0.1, 0.15) is 11.3 Å². The minimum atomic E-state index is 0.681. The number of hydrogen-bond acceptors (Lipinski definition) is 4. The quantitative estimate of drug-likeness (QED) is 0.792. The first-order chi connectivity index (χ1) is 8.28. The van der Waals surface area contributed by atoms with Gasteiger partial charge in [0.05, 0.1) is 13.2 Å². The number of pyridine rings is 1. The van der Waals surface area contributed by atoms with Gasteiger partial charge in [0.1, 0.15) is 0 Å². The standard InChI is InChI=1S/C13H21N3O/c1-11-2-3-12(6-15-11)7-16(5-4-14)8-13-9-17-10-13/h2-3,6,13H,4-5,7-10,14H2,1H3. The summed E-state index contributed by atoms with van der Waals surface area (Å²) in [6.45, 7) is 7.44. The van der Waals surface area contributed by atoms with Gasteiger partial charge in [0.25, 0.3) is 0 Å². The molecule has 1 aromatic heterocycles. The van der Waals surface area contributed by atoms with E-state index in [1.165, 1.54) is 5.56 Å². The van der Waals surface area contributed by atoms with Crippen molar-refractivity contribution in [3.8, 4) is 0 Å². The lowest BCUT2D eigenvalue weighted by Crippen LogP contribution is -2.41. The SMILES string of the molecule is Cc1ccc(CN(CCN)CC2COC2)cn1. The van der Waals surface area contributed by atoms with Crippen LogP contribution in [0.25, 0.3) is 0 Å². The Kier molecular flexibility index (Phi) is 4.48. The highest BCUT2D eigenvalue weighted by atomic mass is 16.5. The topological polar surface area (TPSA) is 51.4 Å². The van der Waals surface area contributed by atoms with Gasteiger partial charge in [0.2, 0.25) is 0 Å². The molecule has 94 valence electrons. The molecule has 0 atom stereocenters. The third-order valence-electron chi connectivity index (χ3n) is 3.05. The average Bonchev–Trinajstić information content (AvgIpc) is 2.27. The summed E-state index contributed by atoms with van der Waals surface area (Å²) < 4.78 is 5.21. The maximum absolute atomic E-state index is 5.65. The van der Waals surface area contributed by atoms with Crippen LogP contribution in [0.15, 0.2) is 18.3 Å². The monoisotopic (exact) mass is 235 g/mol. The molecule has 2 heterocycles. The molecule has 1 aliphatic rings. The van der Waals surface area contributed by atoms with Crippen LogP contribution in [0.4, 0.5) is 0 Å². The molecule has 2 rings (SSSR count). The van der Waals surface area contributed by atoms with Crippen molar-refractivity contribution in [2.45, 2.75) is 13.5 Å². The number of aryl methyl sites for hydroxylation is 1. The highest BCUT2D eigenvalue weighted by molar-refractivity contribution is 5.13. The summed E-state index contributed by atoms with van der Waals surface area (Å²) in [5.74, 6) is 0.681. The van der Waals surface area contributed by atoms with Crippen LogP contribution in [0, 0.1) is 12.8 Å². The van der Waals surface area contributed by atoms with Crippen LogP contribution in [0.3, 0.4) is 0 Å². The molecule has 0 amide bonds. The molecule has 4 nitrogen and oxygen atoms in total. The molecule has 1 saturated heterocycles. The molecule has 0 spiro atoms. The zero-order chi connectivity index (χ0) is 12.1. The molecule has 1 aromatic rings. The molecular weight excluding hydrogens is 214 g/mol. The van der Waals surface area contributed by atoms with E-state index in [0.717, 1.165) is 38.5 Å². The van der Waals surface area contributed by atoms with Crippen LogP contribution in [-0.2, 0) is 11.3 Å². The maximum Gasteiger partial charge on any atom is 0.0528 e. The Morgan fingerprint density at radius 1 is 1.47 bits per heavy atom. The molecule has 1 fully saturated rings. The Hall–Kier alpha value is -0.970. The van der Waals surface area contributed by atoms with Crippen LogP contribution < -0.4 is 5.73 Å². The lowest BCUT2D eigenvalue weighted by atomic mass is 10.1. The minimum absolute atomic E-state index is 0.681. The van der Waals surface area contributed by atoms with E-state index in [1.807, 2.05) is 13.1 Å². The van der Waals surface area contributed by atoms with Gasteiger partial charge in [-0.2, -0.15) is 0 Å². The van der Waals surface area contributed by atoms with Crippen LogP contribution in [0.5, 0.6) is 0 Å². The summed E-state index contributed by atoms with van der Waals surface area (Å²) in [4.78, 5) is 6.71. The molecule has 0 radical (unpaired) electrons. The Bertz CT molecular complexity index is 335. The molecule has 2 N–H and O–H groups in total. The largest absolute Gasteiger partial charge is 0.381 e. The van der Waals surface area contributed by atoms with Crippen molar-refractivity contribution in [1.29, 1.82) is 0 Å². The number of nitrogens with zero attached hydrogens (tertiary/aromatic N) is 2. The van der Waals surface area contributed by atoms with E-state index >= 15 is 0 Å². The molecule has 0 saturated carbocycles. The van der Waals surface area contributed by atoms with Crippen molar-refractivity contribution >= 4 is 0 Å². The van der Waals surface area contributed by atoms with Gasteiger partial charge in [0.15, 0.2) is 0 Å². The molecule has 1 aliphatic heterocycles. The van der Waals surface area contributed by atoms with Crippen molar-refractivity contribution in [1.82, 2.24) is 9.88 Å². The zero-order valence-electron chi connectivity index (χ0n) is 10.4. The normalized spacial score (nSPS) is 16.2. The summed E-state index contributed by atoms with van der Waals surface area (Å²) in [6, 6.07) is 4.20. The maximum atomic E-state index is 5.65. The third-order valence-corrected chi connectivity index (χ3v) is 3.05. The fraction of sp³-hybridized carbons (Fsp3) is 0.615. The Morgan fingerprint density at radius 2 is 2.29 bits per heavy atom. The summed E-state index contributed by atoms with van der Waals surface area (Å²) in [7, 11) is 0. The molecule has 0 bridgehead atoms. The lowest BCUT2D eigenvalue weighted by molar-refractivity contribution is -0.0471. The fourth-order valence-corrected chi connectivity index (χ4v) is 2.02. The highest BCUT2D eigenvalue weighted by Gasteiger charge is 2.21. The molecule has 0 aromatic carbocycles. The summed E-state index contributed by atoms with van der Waals surface area (Å²) in [6.07, 6.45) is 1.95. The molecule has 4 heteroatoms. The van der Waals surface area contributed by atoms with E-state index in [4.69, 9.17) is 10.5 Å². The van der Waals surface area contributed by atoms with Crippen molar-refractivity contribution in [2.24, 2.45) is 11.7 Å². The van der Waals surface area contributed by atoms with Crippen molar-refractivity contribution in [2.75, 3.05) is 32.8 Å². The first-order valence-electron chi connectivity index (χ1n) is 6.19. The summed E-state index contributed by atoms with van der Waals surface area (Å²) in [5, 5.41) is 0. The van der Waals surface area contributed by atoms with Crippen LogP contribution >= 0.6 is 0 Å². The smallest absolute Gasteiger partial charge is 0.0528 e. The van der Waals surface area contributed by atoms with Gasteiger partial charge in [-0.15, -0.1) is 0 Å². The number of rotatable bonds is 6. The average molecular weight is 235 g/mol. The van der Waals surface area contributed by atoms with Crippen molar-refractivity contribution in [3.05, 3.63) is 29.6 Å². The number of ether oxygens (including phenoxy) is 1. The van der Waals surface area contributed by atoms with Gasteiger partial charge >= 0.3 is 0 Å². The van der Waals surface area contributed by atoms with Gasteiger partial charge in [-0.3, -0.25) is 9.88 Å². The van der Waals surface area contributed by atoms with Gasteiger partial charge in [0, 0.05) is 44.0 Å². The Morgan fingerprint density at radius 3 is 2.82 bits per heavy atom. The summed E-state index contributed by atoms with van der Waals surface area (Å²) >= 11 is 0. The van der Waals surface area contributed by atoms with E-state index < -0.39 is 0 Å². The molecule has 0 aliphatic carbocycles. The Balaban J connectivity index is 1.88. The molecule has 17 heavy (non-hydrogen) atoms. The number of aromatic nitrogens is 1. The summed E-state index contributed by atoms with van der Waals surface area (Å²) in [5.41, 5.74) is 7.97. The predicted molar refractivity (Wildman–Crippen MR) is 67.6 cm³/mol. The first-order valence-corrected chi connectivity index (χ1v) is 6.19. The van der Waals surface area contributed by atoms with E-state index in [1.54, 1.807) is 0 Å². The molecule has 0 unspecified atom stereocenters. The predicted octanol–water partition coefficient (Wildman–Crippen LogP) is 0.797. The van der Waals surface area contributed by atoms with E-state index in [2.05, 4.69) is 22.0 Å². The fourth-order valence-electron chi connectivity index (χ4n) is 2.02. The Labute approximate surface area is 103 Å².